The summed E-state index contributed by atoms with van der Waals surface area (Å²) in [5.41, 5.74) is -0.674. The zero-order valence-electron chi connectivity index (χ0n) is 18.8. The van der Waals surface area contributed by atoms with Gasteiger partial charge in [-0.1, -0.05) is 13.8 Å². The lowest BCUT2D eigenvalue weighted by atomic mass is 9.77. The Hall–Kier alpha value is -1.87. The lowest BCUT2D eigenvalue weighted by Crippen LogP contribution is -2.69. The number of hydrogen-bond donors (Lipinski definition) is 3. The van der Waals surface area contributed by atoms with E-state index in [0.29, 0.717) is 39.3 Å². The molecule has 9 heteroatoms. The lowest BCUT2D eigenvalue weighted by Gasteiger charge is -2.55. The van der Waals surface area contributed by atoms with Crippen LogP contribution in [0.5, 0.6) is 0 Å². The molecule has 0 aromatic rings. The molecule has 9 nitrogen and oxygen atoms in total. The zero-order chi connectivity index (χ0) is 22.5. The van der Waals surface area contributed by atoms with Crippen molar-refractivity contribution >= 4 is 17.9 Å². The number of hydrogen-bond acceptors (Lipinski definition) is 6. The Morgan fingerprint density at radius 1 is 1.33 bits per heavy atom. The van der Waals surface area contributed by atoms with Crippen molar-refractivity contribution in [2.75, 3.05) is 32.8 Å². The highest BCUT2D eigenvalue weighted by atomic mass is 16.6. The zero-order valence-corrected chi connectivity index (χ0v) is 18.8. The van der Waals surface area contributed by atoms with Crippen molar-refractivity contribution < 1.29 is 29.0 Å². The van der Waals surface area contributed by atoms with E-state index < -0.39 is 29.7 Å². The molecule has 3 aliphatic heterocycles. The van der Waals surface area contributed by atoms with Gasteiger partial charge < -0.3 is 30.1 Å². The predicted octanol–water partition coefficient (Wildman–Crippen LogP) is 1.04. The first-order valence-corrected chi connectivity index (χ1v) is 10.9. The maximum absolute atomic E-state index is 12.7. The number of nitrogens with zero attached hydrogens (tertiary/aromatic N) is 1. The Bertz CT molecular complexity index is 621. The minimum absolute atomic E-state index is 0.0345. The van der Waals surface area contributed by atoms with Crippen molar-refractivity contribution in [1.82, 2.24) is 15.5 Å². The van der Waals surface area contributed by atoms with E-state index in [2.05, 4.69) is 10.6 Å². The van der Waals surface area contributed by atoms with E-state index in [1.165, 1.54) is 0 Å². The fourth-order valence-corrected chi connectivity index (χ4v) is 3.94. The first kappa shape index (κ1) is 24.4. The van der Waals surface area contributed by atoms with Gasteiger partial charge in [0.25, 0.3) is 5.91 Å². The summed E-state index contributed by atoms with van der Waals surface area (Å²) in [6.45, 7) is 12.2. The molecule has 0 aromatic heterocycles. The number of piperidine rings is 1. The molecule has 0 aromatic carbocycles. The summed E-state index contributed by atoms with van der Waals surface area (Å²) in [7, 11) is 0. The van der Waals surface area contributed by atoms with Crippen LogP contribution in [0.2, 0.25) is 0 Å². The van der Waals surface area contributed by atoms with Gasteiger partial charge in [0.05, 0.1) is 24.7 Å². The summed E-state index contributed by atoms with van der Waals surface area (Å²) in [4.78, 5) is 38.7. The third-order valence-electron chi connectivity index (χ3n) is 5.45. The molecule has 3 rings (SSSR count). The van der Waals surface area contributed by atoms with Crippen LogP contribution in [0.15, 0.2) is 0 Å². The summed E-state index contributed by atoms with van der Waals surface area (Å²) < 4.78 is 10.5. The van der Waals surface area contributed by atoms with Crippen molar-refractivity contribution in [1.29, 1.82) is 0 Å². The Morgan fingerprint density at radius 2 is 1.97 bits per heavy atom. The summed E-state index contributed by atoms with van der Waals surface area (Å²) >= 11 is 0. The monoisotopic (exact) mass is 427 g/mol. The van der Waals surface area contributed by atoms with Crippen molar-refractivity contribution in [2.24, 2.45) is 11.3 Å². The number of aliphatic hydroxyl groups excluding tert-OH is 1. The van der Waals surface area contributed by atoms with Crippen molar-refractivity contribution in [3.8, 4) is 0 Å². The molecular weight excluding hydrogens is 390 g/mol. The number of likely N-dealkylation sites (tertiary alicyclic amines) is 1. The number of ether oxygens (including phenoxy) is 2. The summed E-state index contributed by atoms with van der Waals surface area (Å²) in [5, 5.41) is 16.1. The van der Waals surface area contributed by atoms with Crippen LogP contribution in [-0.2, 0) is 19.1 Å². The highest BCUT2D eigenvalue weighted by molar-refractivity contribution is 5.84. The number of carbonyl (C=O) groups excluding carboxylic acids is 3. The third-order valence-corrected chi connectivity index (χ3v) is 5.45. The Labute approximate surface area is 178 Å². The van der Waals surface area contributed by atoms with E-state index in [-0.39, 0.29) is 23.7 Å². The summed E-state index contributed by atoms with van der Waals surface area (Å²) in [6, 6.07) is -0.898. The normalized spacial score (nSPS) is 24.3. The average molecular weight is 428 g/mol. The molecule has 3 amide bonds. The molecule has 3 fully saturated rings. The van der Waals surface area contributed by atoms with Gasteiger partial charge >= 0.3 is 6.09 Å². The van der Waals surface area contributed by atoms with E-state index in [1.54, 1.807) is 25.7 Å². The molecule has 0 radical (unpaired) electrons. The maximum Gasteiger partial charge on any atom is 0.407 e. The van der Waals surface area contributed by atoms with E-state index in [4.69, 9.17) is 9.47 Å². The van der Waals surface area contributed by atoms with Gasteiger partial charge in [-0.2, -0.15) is 0 Å². The van der Waals surface area contributed by atoms with Crippen LogP contribution in [0.4, 0.5) is 4.79 Å². The number of rotatable bonds is 5. The van der Waals surface area contributed by atoms with Crippen LogP contribution in [0, 0.1) is 11.3 Å². The van der Waals surface area contributed by atoms with Crippen LogP contribution >= 0.6 is 0 Å². The number of amides is 3. The van der Waals surface area contributed by atoms with Crippen LogP contribution in [-0.4, -0.2) is 78.5 Å². The molecule has 0 saturated carbocycles. The van der Waals surface area contributed by atoms with Crippen molar-refractivity contribution in [3.63, 3.8) is 0 Å². The van der Waals surface area contributed by atoms with Gasteiger partial charge in [-0.3, -0.25) is 9.59 Å². The summed E-state index contributed by atoms with van der Waals surface area (Å²) in [6.07, 6.45) is -0.480. The number of aliphatic hydroxyl groups is 1. The maximum atomic E-state index is 12.7. The third kappa shape index (κ3) is 6.07. The molecule has 3 atom stereocenters. The largest absolute Gasteiger partial charge is 0.444 e. The van der Waals surface area contributed by atoms with E-state index in [1.807, 2.05) is 13.8 Å². The Morgan fingerprint density at radius 3 is 2.47 bits per heavy atom. The topological polar surface area (TPSA) is 117 Å². The lowest BCUT2D eigenvalue weighted by molar-refractivity contribution is -0.200. The number of alkyl carbamates (subject to hydrolysis) is 1. The van der Waals surface area contributed by atoms with Crippen molar-refractivity contribution in [2.45, 2.75) is 71.6 Å². The fourth-order valence-electron chi connectivity index (χ4n) is 3.94. The van der Waals surface area contributed by atoms with Crippen LogP contribution in [0.3, 0.4) is 0 Å². The molecule has 0 aliphatic carbocycles. The molecular formula is C21H37N3O6. The van der Waals surface area contributed by atoms with E-state index in [0.717, 1.165) is 6.42 Å². The second-order valence-corrected chi connectivity index (χ2v) is 9.25. The van der Waals surface area contributed by atoms with Crippen LogP contribution < -0.4 is 10.6 Å². The first-order chi connectivity index (χ1) is 14.1. The standard InChI is InChI=1S/C19H31N3O6.C2H6/c1-18(2,3)28-17(26)21-13(7-12-5-4-6-20-15(12)24)14(23)16(25)22-8-19(9-22)10-27-11-19;1-2/h12-14,23H,4-11H2,1-3H3,(H,20,24)(H,21,26);1-2H3. The van der Waals surface area contributed by atoms with Crippen molar-refractivity contribution in [3.05, 3.63) is 0 Å². The van der Waals surface area contributed by atoms with Gasteiger partial charge in [-0.25, -0.2) is 4.79 Å². The van der Waals surface area contributed by atoms with Crippen LogP contribution in [0.1, 0.15) is 53.9 Å². The van der Waals surface area contributed by atoms with Gasteiger partial charge in [0.1, 0.15) is 5.60 Å². The Kier molecular flexibility index (Phi) is 8.10. The second-order valence-electron chi connectivity index (χ2n) is 9.25. The van der Waals surface area contributed by atoms with Gasteiger partial charge in [-0.05, 0) is 40.0 Å². The molecule has 3 heterocycles. The number of carbonyl (C=O) groups is 3. The molecule has 0 bridgehead atoms. The average Bonchev–Trinajstić information content (AvgIpc) is 2.60. The van der Waals surface area contributed by atoms with Gasteiger partial charge in [0, 0.05) is 25.6 Å². The second kappa shape index (κ2) is 9.96. The smallest absolute Gasteiger partial charge is 0.407 e. The molecule has 3 saturated heterocycles. The minimum atomic E-state index is -1.43. The number of nitrogens with one attached hydrogen (secondary N) is 2. The minimum Gasteiger partial charge on any atom is -0.444 e. The SMILES string of the molecule is CC.CC(C)(C)OC(=O)NC(CC1CCCNC1=O)C(O)C(=O)N1CC2(COC2)C1. The van der Waals surface area contributed by atoms with Gasteiger partial charge in [0.2, 0.25) is 5.91 Å². The van der Waals surface area contributed by atoms with E-state index in [9.17, 15) is 19.5 Å². The summed E-state index contributed by atoms with van der Waals surface area (Å²) in [5.74, 6) is -0.912. The predicted molar refractivity (Wildman–Crippen MR) is 111 cm³/mol. The van der Waals surface area contributed by atoms with Crippen LogP contribution in [0.25, 0.3) is 0 Å². The Balaban J connectivity index is 0.00000155. The highest BCUT2D eigenvalue weighted by Crippen LogP contribution is 2.38. The van der Waals surface area contributed by atoms with Gasteiger partial charge in [0.15, 0.2) is 6.10 Å². The van der Waals surface area contributed by atoms with E-state index >= 15 is 0 Å². The molecule has 3 aliphatic rings. The first-order valence-electron chi connectivity index (χ1n) is 10.9. The quantitative estimate of drug-likeness (QED) is 0.604. The highest BCUT2D eigenvalue weighted by Gasteiger charge is 2.52. The fraction of sp³-hybridized carbons (Fsp3) is 0.857. The van der Waals surface area contributed by atoms with Gasteiger partial charge in [-0.15, -0.1) is 0 Å². The molecule has 1 spiro atoms. The molecule has 3 N–H and O–H groups in total. The molecule has 3 unspecified atom stereocenters. The molecule has 172 valence electrons. The molecule has 30 heavy (non-hydrogen) atoms.